The van der Waals surface area contributed by atoms with Gasteiger partial charge in [0.15, 0.2) is 0 Å². The summed E-state index contributed by atoms with van der Waals surface area (Å²) in [6, 6.07) is 3.24. The van der Waals surface area contributed by atoms with Crippen LogP contribution in [0.2, 0.25) is 0 Å². The molecule has 1 heterocycles. The maximum Gasteiger partial charge on any atom is 0.140 e. The molecule has 4 heteroatoms. The molecular weight excluding hydrogens is 200 g/mol. The lowest BCUT2D eigenvalue weighted by molar-refractivity contribution is 0.486. The highest BCUT2D eigenvalue weighted by atomic mass is 19.1. The van der Waals surface area contributed by atoms with E-state index in [-0.39, 0.29) is 17.0 Å². The highest BCUT2D eigenvalue weighted by molar-refractivity contribution is 5.78. The third-order valence-corrected chi connectivity index (χ3v) is 2.38. The van der Waals surface area contributed by atoms with Crippen LogP contribution in [0, 0.1) is 11.6 Å². The first kappa shape index (κ1) is 10.1. The summed E-state index contributed by atoms with van der Waals surface area (Å²) in [6.45, 7) is 1.90. The van der Waals surface area contributed by atoms with Crippen molar-refractivity contribution in [1.29, 1.82) is 0 Å². The lowest BCUT2D eigenvalue weighted by Gasteiger charge is -2.02. The molecule has 0 spiro atoms. The minimum atomic E-state index is -0.647. The van der Waals surface area contributed by atoms with Crippen LogP contribution in [0.25, 0.3) is 11.0 Å². The van der Waals surface area contributed by atoms with E-state index in [1.807, 2.05) is 6.92 Å². The van der Waals surface area contributed by atoms with Gasteiger partial charge in [0, 0.05) is 12.1 Å². The van der Waals surface area contributed by atoms with E-state index in [4.69, 9.17) is 10.2 Å². The van der Waals surface area contributed by atoms with Gasteiger partial charge in [0.25, 0.3) is 0 Å². The van der Waals surface area contributed by atoms with Gasteiger partial charge in [-0.05, 0) is 12.5 Å². The Morgan fingerprint density at radius 1 is 1.33 bits per heavy atom. The van der Waals surface area contributed by atoms with Crippen molar-refractivity contribution in [3.05, 3.63) is 35.6 Å². The van der Waals surface area contributed by atoms with E-state index < -0.39 is 11.6 Å². The maximum atomic E-state index is 13.3. The second-order valence-corrected chi connectivity index (χ2v) is 3.46. The molecule has 2 nitrogen and oxygen atoms in total. The zero-order valence-corrected chi connectivity index (χ0v) is 8.26. The summed E-state index contributed by atoms with van der Waals surface area (Å²) >= 11 is 0. The first-order valence-electron chi connectivity index (χ1n) is 4.76. The minimum Gasteiger partial charge on any atom is -0.459 e. The molecule has 0 amide bonds. The number of fused-ring (bicyclic) bond motifs is 1. The normalized spacial score (nSPS) is 13.3. The lowest BCUT2D eigenvalue weighted by Crippen LogP contribution is -2.06. The van der Waals surface area contributed by atoms with Gasteiger partial charge < -0.3 is 10.2 Å². The van der Waals surface area contributed by atoms with Gasteiger partial charge in [-0.2, -0.15) is 0 Å². The number of halogens is 2. The molecule has 2 N–H and O–H groups in total. The molecule has 80 valence electrons. The van der Waals surface area contributed by atoms with Crippen molar-refractivity contribution in [1.82, 2.24) is 0 Å². The van der Waals surface area contributed by atoms with Gasteiger partial charge in [0.05, 0.1) is 11.4 Å². The van der Waals surface area contributed by atoms with Crippen molar-refractivity contribution in [2.75, 3.05) is 0 Å². The summed E-state index contributed by atoms with van der Waals surface area (Å²) in [5.41, 5.74) is 5.94. The Balaban J connectivity index is 2.60. The van der Waals surface area contributed by atoms with Crippen molar-refractivity contribution in [3.8, 4) is 0 Å². The zero-order chi connectivity index (χ0) is 11.0. The van der Waals surface area contributed by atoms with Gasteiger partial charge in [-0.3, -0.25) is 0 Å². The number of hydrogen-bond acceptors (Lipinski definition) is 2. The predicted octanol–water partition coefficient (Wildman–Crippen LogP) is 3.12. The smallest absolute Gasteiger partial charge is 0.140 e. The summed E-state index contributed by atoms with van der Waals surface area (Å²) < 4.78 is 31.4. The van der Waals surface area contributed by atoms with Gasteiger partial charge in [-0.15, -0.1) is 0 Å². The second-order valence-electron chi connectivity index (χ2n) is 3.46. The zero-order valence-electron chi connectivity index (χ0n) is 8.26. The first-order chi connectivity index (χ1) is 7.11. The topological polar surface area (TPSA) is 39.2 Å². The maximum absolute atomic E-state index is 13.3. The Labute approximate surface area is 85.7 Å². The summed E-state index contributed by atoms with van der Waals surface area (Å²) in [6.07, 6.45) is 0.684. The Hall–Kier alpha value is -1.42. The van der Waals surface area contributed by atoms with Crippen LogP contribution in [-0.2, 0) is 0 Å². The van der Waals surface area contributed by atoms with Crippen molar-refractivity contribution in [2.24, 2.45) is 5.73 Å². The van der Waals surface area contributed by atoms with Gasteiger partial charge in [-0.25, -0.2) is 8.78 Å². The van der Waals surface area contributed by atoms with E-state index in [1.54, 1.807) is 0 Å². The number of rotatable bonds is 2. The Morgan fingerprint density at radius 2 is 2.07 bits per heavy atom. The number of furan rings is 1. The van der Waals surface area contributed by atoms with Crippen molar-refractivity contribution >= 4 is 11.0 Å². The third-order valence-electron chi connectivity index (χ3n) is 2.38. The third kappa shape index (κ3) is 1.72. The van der Waals surface area contributed by atoms with Crippen LogP contribution in [0.4, 0.5) is 8.78 Å². The molecule has 0 fully saturated rings. The summed E-state index contributed by atoms with van der Waals surface area (Å²) in [5.74, 6) is -0.786. The summed E-state index contributed by atoms with van der Waals surface area (Å²) in [4.78, 5) is 0. The lowest BCUT2D eigenvalue weighted by atomic mass is 10.1. The second kappa shape index (κ2) is 3.62. The molecule has 1 unspecified atom stereocenters. The average molecular weight is 211 g/mol. The molecule has 0 radical (unpaired) electrons. The molecule has 0 saturated carbocycles. The van der Waals surface area contributed by atoms with Gasteiger partial charge in [-0.1, -0.05) is 6.92 Å². The minimum absolute atomic E-state index is 0.200. The van der Waals surface area contributed by atoms with Crippen LogP contribution in [0.3, 0.4) is 0 Å². The Bertz CT molecular complexity index is 493. The van der Waals surface area contributed by atoms with Crippen LogP contribution in [0.1, 0.15) is 25.1 Å². The molecule has 1 aromatic carbocycles. The van der Waals surface area contributed by atoms with E-state index in [0.29, 0.717) is 12.2 Å². The molecule has 1 atom stereocenters. The Kier molecular flexibility index (Phi) is 2.44. The molecule has 0 saturated heterocycles. The van der Waals surface area contributed by atoms with Crippen LogP contribution in [0.5, 0.6) is 0 Å². The van der Waals surface area contributed by atoms with Gasteiger partial charge in [0.1, 0.15) is 23.0 Å². The van der Waals surface area contributed by atoms with Crippen LogP contribution in [-0.4, -0.2) is 0 Å². The van der Waals surface area contributed by atoms with E-state index in [2.05, 4.69) is 0 Å². The monoisotopic (exact) mass is 211 g/mol. The van der Waals surface area contributed by atoms with Crippen molar-refractivity contribution in [3.63, 3.8) is 0 Å². The Morgan fingerprint density at radius 3 is 2.73 bits per heavy atom. The van der Waals surface area contributed by atoms with E-state index in [1.165, 1.54) is 6.07 Å². The fourth-order valence-electron chi connectivity index (χ4n) is 1.47. The van der Waals surface area contributed by atoms with Crippen LogP contribution >= 0.6 is 0 Å². The van der Waals surface area contributed by atoms with E-state index >= 15 is 0 Å². The predicted molar refractivity (Wildman–Crippen MR) is 53.3 cm³/mol. The highest BCUT2D eigenvalue weighted by Gasteiger charge is 2.13. The molecule has 0 aliphatic rings. The highest BCUT2D eigenvalue weighted by Crippen LogP contribution is 2.27. The number of benzene rings is 1. The molecule has 1 aromatic heterocycles. The van der Waals surface area contributed by atoms with Gasteiger partial charge in [0.2, 0.25) is 0 Å². The van der Waals surface area contributed by atoms with Crippen LogP contribution < -0.4 is 5.73 Å². The average Bonchev–Trinajstić information content (AvgIpc) is 2.60. The number of hydrogen-bond donors (Lipinski definition) is 1. The van der Waals surface area contributed by atoms with Gasteiger partial charge >= 0.3 is 0 Å². The van der Waals surface area contributed by atoms with Crippen molar-refractivity contribution < 1.29 is 13.2 Å². The van der Waals surface area contributed by atoms with Crippen LogP contribution in [0.15, 0.2) is 22.6 Å². The fourth-order valence-corrected chi connectivity index (χ4v) is 1.47. The first-order valence-corrected chi connectivity index (χ1v) is 4.76. The molecule has 0 bridgehead atoms. The molecule has 15 heavy (non-hydrogen) atoms. The molecule has 0 aliphatic heterocycles. The van der Waals surface area contributed by atoms with E-state index in [9.17, 15) is 8.78 Å². The summed E-state index contributed by atoms with van der Waals surface area (Å²) in [5, 5.41) is 0.273. The molecule has 2 rings (SSSR count). The SMILES string of the molecule is CCC(N)c1cc2c(F)cc(F)cc2o1. The van der Waals surface area contributed by atoms with E-state index in [0.717, 1.165) is 12.1 Å². The quantitative estimate of drug-likeness (QED) is 0.828. The largest absolute Gasteiger partial charge is 0.459 e. The summed E-state index contributed by atoms with van der Waals surface area (Å²) in [7, 11) is 0. The molecular formula is C11H11F2NO. The number of nitrogens with two attached hydrogens (primary N) is 1. The molecule has 0 aliphatic carbocycles. The van der Waals surface area contributed by atoms with Crippen molar-refractivity contribution in [2.45, 2.75) is 19.4 Å². The fraction of sp³-hybridized carbons (Fsp3) is 0.273. The molecule has 2 aromatic rings. The standard InChI is InChI=1S/C11H11F2NO/c1-2-9(14)11-5-7-8(13)3-6(12)4-10(7)15-11/h3-5,9H,2,14H2,1H3.